The lowest BCUT2D eigenvalue weighted by molar-refractivity contribution is 0.128. The van der Waals surface area contributed by atoms with Crippen LogP contribution >= 0.6 is 12.2 Å². The molecule has 0 aromatic heterocycles. The summed E-state index contributed by atoms with van der Waals surface area (Å²) in [4.78, 5) is 0. The van der Waals surface area contributed by atoms with E-state index in [1.165, 1.54) is 108 Å². The molecule has 0 aromatic rings. The van der Waals surface area contributed by atoms with Crippen molar-refractivity contribution in [2.45, 2.75) is 148 Å². The van der Waals surface area contributed by atoms with E-state index in [-0.39, 0.29) is 6.61 Å². The monoisotopic (exact) mass is 482 g/mol. The Morgan fingerprint density at radius 3 is 1.79 bits per heavy atom. The number of allylic oxidation sites excluding steroid dienone is 1. The normalized spacial score (nSPS) is 14.9. The van der Waals surface area contributed by atoms with Crippen molar-refractivity contribution in [2.75, 3.05) is 13.2 Å². The molecule has 0 radical (unpaired) electrons. The van der Waals surface area contributed by atoms with Crippen molar-refractivity contribution in [1.29, 1.82) is 0 Å². The molecular weight excluding hydrogens is 428 g/mol. The molecule has 1 aliphatic carbocycles. The molecule has 1 aliphatic rings. The molecule has 1 rings (SSSR count). The molecule has 0 bridgehead atoms. The summed E-state index contributed by atoms with van der Waals surface area (Å²) in [5.41, 5.74) is 2.51. The fourth-order valence-corrected chi connectivity index (χ4v) is 4.80. The molecule has 0 heterocycles. The molecule has 0 spiro atoms. The van der Waals surface area contributed by atoms with E-state index in [2.05, 4.69) is 24.5 Å². The number of thiocarbonyl (C=S) groups is 1. The van der Waals surface area contributed by atoms with Crippen LogP contribution in [-0.2, 0) is 0 Å². The van der Waals surface area contributed by atoms with Gasteiger partial charge in [0.15, 0.2) is 5.11 Å². The van der Waals surface area contributed by atoms with Crippen molar-refractivity contribution in [3.8, 4) is 0 Å². The van der Waals surface area contributed by atoms with E-state index in [1.54, 1.807) is 0 Å². The van der Waals surface area contributed by atoms with Crippen molar-refractivity contribution in [3.63, 3.8) is 0 Å². The Hall–Kier alpha value is -0.650. The minimum absolute atomic E-state index is 0.116. The van der Waals surface area contributed by atoms with Crippen molar-refractivity contribution in [3.05, 3.63) is 11.1 Å². The second-order valence-electron chi connectivity index (χ2n) is 9.99. The Kier molecular flexibility index (Phi) is 19.1. The summed E-state index contributed by atoms with van der Waals surface area (Å²) in [5.74, 6) is 0. The van der Waals surface area contributed by atoms with Gasteiger partial charge in [-0.05, 0) is 43.5 Å². The zero-order valence-corrected chi connectivity index (χ0v) is 22.6. The maximum atomic E-state index is 10.7. The molecule has 0 fully saturated rings. The van der Waals surface area contributed by atoms with Crippen LogP contribution in [0.4, 0.5) is 0 Å². The van der Waals surface area contributed by atoms with Crippen LogP contribution in [0, 0.1) is 0 Å². The molecule has 0 amide bonds. The number of unbranched alkanes of at least 4 members (excludes halogenated alkanes) is 15. The molecule has 5 heteroatoms. The standard InChI is InChI=1S/C28H54N2O2S/c1-3-5-7-9-11-12-13-14-15-16-18-20-24-22-25(24)27(32)26(23-31)30-28(33)29-21-19-17-10-8-6-4-2/h26-27,31-32H,3-23H2,1-2H3,(H2,29,30,33)/t26-,27+/m0/s1. The van der Waals surface area contributed by atoms with Crippen LogP contribution in [0.3, 0.4) is 0 Å². The van der Waals surface area contributed by atoms with E-state index >= 15 is 0 Å². The fourth-order valence-electron chi connectivity index (χ4n) is 4.54. The summed E-state index contributed by atoms with van der Waals surface area (Å²) < 4.78 is 0. The molecule has 33 heavy (non-hydrogen) atoms. The first-order valence-corrected chi connectivity index (χ1v) is 14.6. The summed E-state index contributed by atoms with van der Waals surface area (Å²) in [6.07, 6.45) is 23.8. The van der Waals surface area contributed by atoms with E-state index < -0.39 is 12.1 Å². The number of hydrogen-bond acceptors (Lipinski definition) is 3. The van der Waals surface area contributed by atoms with Gasteiger partial charge < -0.3 is 20.8 Å². The summed E-state index contributed by atoms with van der Waals surface area (Å²) >= 11 is 5.37. The fraction of sp³-hybridized carbons (Fsp3) is 0.893. The van der Waals surface area contributed by atoms with Crippen LogP contribution in [0.1, 0.15) is 136 Å². The number of nitrogens with one attached hydrogen (secondary N) is 2. The molecule has 4 nitrogen and oxygen atoms in total. The number of rotatable bonds is 23. The first-order chi connectivity index (χ1) is 16.1. The lowest BCUT2D eigenvalue weighted by Gasteiger charge is -2.22. The Morgan fingerprint density at radius 1 is 0.788 bits per heavy atom. The number of aliphatic hydroxyl groups is 2. The smallest absolute Gasteiger partial charge is 0.166 e. The third-order valence-electron chi connectivity index (χ3n) is 6.88. The Labute approximate surface area is 210 Å². The van der Waals surface area contributed by atoms with Crippen LogP contribution in [-0.4, -0.2) is 40.6 Å². The zero-order chi connectivity index (χ0) is 24.2. The molecule has 4 N–H and O–H groups in total. The Bertz CT molecular complexity index is 524. The Morgan fingerprint density at radius 2 is 1.27 bits per heavy atom. The van der Waals surface area contributed by atoms with E-state index in [9.17, 15) is 10.2 Å². The van der Waals surface area contributed by atoms with Gasteiger partial charge in [-0.15, -0.1) is 0 Å². The van der Waals surface area contributed by atoms with Gasteiger partial charge in [0.25, 0.3) is 0 Å². The SMILES string of the molecule is CCCCCCCCCCCCCC1=C([C@@H](O)[C@H](CO)NC(=S)NCCCCCCCC)C1. The molecule has 0 saturated heterocycles. The van der Waals surface area contributed by atoms with Gasteiger partial charge in [0.1, 0.15) is 0 Å². The van der Waals surface area contributed by atoms with Crippen molar-refractivity contribution in [1.82, 2.24) is 10.6 Å². The summed E-state index contributed by atoms with van der Waals surface area (Å²) in [7, 11) is 0. The first kappa shape index (κ1) is 30.4. The number of hydrogen-bond donors (Lipinski definition) is 4. The number of aliphatic hydroxyl groups excluding tert-OH is 2. The lowest BCUT2D eigenvalue weighted by atomic mass is 10.0. The summed E-state index contributed by atoms with van der Waals surface area (Å²) in [6, 6.07) is -0.417. The van der Waals surface area contributed by atoms with Crippen LogP contribution < -0.4 is 10.6 Å². The van der Waals surface area contributed by atoms with Crippen LogP contribution in [0.15, 0.2) is 11.1 Å². The second-order valence-corrected chi connectivity index (χ2v) is 10.4. The highest BCUT2D eigenvalue weighted by molar-refractivity contribution is 7.80. The highest BCUT2D eigenvalue weighted by Crippen LogP contribution is 2.38. The third kappa shape index (κ3) is 15.8. The minimum Gasteiger partial charge on any atom is -0.394 e. The molecule has 0 aromatic carbocycles. The zero-order valence-electron chi connectivity index (χ0n) is 21.8. The van der Waals surface area contributed by atoms with Gasteiger partial charge in [0, 0.05) is 6.54 Å². The maximum absolute atomic E-state index is 10.7. The maximum Gasteiger partial charge on any atom is 0.166 e. The van der Waals surface area contributed by atoms with Crippen molar-refractivity contribution < 1.29 is 10.2 Å². The van der Waals surface area contributed by atoms with E-state index in [0.29, 0.717) is 5.11 Å². The predicted molar refractivity (Wildman–Crippen MR) is 147 cm³/mol. The van der Waals surface area contributed by atoms with Gasteiger partial charge in [-0.25, -0.2) is 0 Å². The summed E-state index contributed by atoms with van der Waals surface area (Å²) in [5, 5.41) is 27.3. The molecule has 0 aliphatic heterocycles. The van der Waals surface area contributed by atoms with Gasteiger partial charge in [0.05, 0.1) is 18.8 Å². The van der Waals surface area contributed by atoms with E-state index in [4.69, 9.17) is 12.2 Å². The average Bonchev–Trinajstić information content (AvgIpc) is 3.59. The molecular formula is C28H54N2O2S. The topological polar surface area (TPSA) is 64.5 Å². The largest absolute Gasteiger partial charge is 0.394 e. The first-order valence-electron chi connectivity index (χ1n) is 14.2. The molecule has 0 unspecified atom stereocenters. The minimum atomic E-state index is -0.633. The predicted octanol–water partition coefficient (Wildman–Crippen LogP) is 6.93. The lowest BCUT2D eigenvalue weighted by Crippen LogP contribution is -2.49. The summed E-state index contributed by atoms with van der Waals surface area (Å²) in [6.45, 7) is 5.24. The van der Waals surface area contributed by atoms with Crippen LogP contribution in [0.2, 0.25) is 0 Å². The van der Waals surface area contributed by atoms with Crippen LogP contribution in [0.25, 0.3) is 0 Å². The van der Waals surface area contributed by atoms with E-state index in [1.807, 2.05) is 0 Å². The van der Waals surface area contributed by atoms with Gasteiger partial charge in [0.2, 0.25) is 0 Å². The van der Waals surface area contributed by atoms with Gasteiger partial charge in [-0.3, -0.25) is 0 Å². The van der Waals surface area contributed by atoms with Gasteiger partial charge >= 0.3 is 0 Å². The molecule has 0 saturated carbocycles. The Balaban J connectivity index is 2.08. The van der Waals surface area contributed by atoms with Gasteiger partial charge in [-0.1, -0.05) is 116 Å². The third-order valence-corrected chi connectivity index (χ3v) is 7.14. The van der Waals surface area contributed by atoms with Crippen molar-refractivity contribution >= 4 is 17.3 Å². The van der Waals surface area contributed by atoms with Crippen molar-refractivity contribution in [2.24, 2.45) is 0 Å². The van der Waals surface area contributed by atoms with Crippen LogP contribution in [0.5, 0.6) is 0 Å². The second kappa shape index (κ2) is 20.7. The molecule has 2 atom stereocenters. The van der Waals surface area contributed by atoms with Gasteiger partial charge in [-0.2, -0.15) is 0 Å². The van der Waals surface area contributed by atoms with E-state index in [0.717, 1.165) is 31.4 Å². The average molecular weight is 483 g/mol. The quantitative estimate of drug-likeness (QED) is 0.0722. The molecule has 194 valence electrons. The highest BCUT2D eigenvalue weighted by Gasteiger charge is 2.32. The highest BCUT2D eigenvalue weighted by atomic mass is 32.1.